The summed E-state index contributed by atoms with van der Waals surface area (Å²) in [6.45, 7) is 0. The zero-order valence-electron chi connectivity index (χ0n) is 9.96. The lowest BCUT2D eigenvalue weighted by molar-refractivity contribution is -0.0357. The second-order valence-corrected chi connectivity index (χ2v) is 6.71. The molecule has 2 aliphatic carbocycles. The van der Waals surface area contributed by atoms with Crippen LogP contribution in [-0.4, -0.2) is 11.5 Å². The van der Waals surface area contributed by atoms with Gasteiger partial charge in [-0.15, -0.1) is 11.6 Å². The first-order valence-electron chi connectivity index (χ1n) is 6.37. The molecule has 98 valence electrons. The molecule has 0 heterocycles. The average molecular weight is 334 g/mol. The summed E-state index contributed by atoms with van der Waals surface area (Å²) in [4.78, 5) is 0. The van der Waals surface area contributed by atoms with Crippen LogP contribution in [0.25, 0.3) is 0 Å². The van der Waals surface area contributed by atoms with Crippen LogP contribution in [0.15, 0.2) is 22.7 Å². The third kappa shape index (κ3) is 1.96. The fraction of sp³-hybridized carbons (Fsp3) is 0.571. The Bertz CT molecular complexity index is 459. The van der Waals surface area contributed by atoms with Crippen LogP contribution >= 0.6 is 27.5 Å². The largest absolute Gasteiger partial charge is 0.490 e. The number of rotatable bonds is 2. The molecule has 2 atom stereocenters. The van der Waals surface area contributed by atoms with Crippen LogP contribution in [0.1, 0.15) is 32.1 Å². The lowest BCUT2D eigenvalue weighted by atomic mass is 9.64. The molecule has 0 radical (unpaired) electrons. The Morgan fingerprint density at radius 2 is 2.06 bits per heavy atom. The van der Waals surface area contributed by atoms with Crippen LogP contribution in [0.2, 0.25) is 0 Å². The van der Waals surface area contributed by atoms with Crippen molar-refractivity contribution < 1.29 is 9.13 Å². The van der Waals surface area contributed by atoms with Gasteiger partial charge in [-0.1, -0.05) is 12.8 Å². The molecule has 1 spiro atoms. The number of hydrogen-bond donors (Lipinski definition) is 0. The smallest absolute Gasteiger partial charge is 0.141 e. The van der Waals surface area contributed by atoms with E-state index in [9.17, 15) is 4.39 Å². The van der Waals surface area contributed by atoms with Crippen LogP contribution in [0.4, 0.5) is 4.39 Å². The van der Waals surface area contributed by atoms with E-state index in [0.717, 1.165) is 19.3 Å². The van der Waals surface area contributed by atoms with Gasteiger partial charge in [-0.2, -0.15) is 0 Å². The molecule has 1 nitrogen and oxygen atoms in total. The quantitative estimate of drug-likeness (QED) is 0.699. The van der Waals surface area contributed by atoms with Crippen molar-refractivity contribution in [2.24, 2.45) is 5.41 Å². The molecular formula is C14H15BrClFO. The van der Waals surface area contributed by atoms with Crippen molar-refractivity contribution >= 4 is 27.5 Å². The van der Waals surface area contributed by atoms with Gasteiger partial charge in [-0.3, -0.25) is 0 Å². The van der Waals surface area contributed by atoms with E-state index in [1.807, 2.05) is 0 Å². The molecule has 0 amide bonds. The Labute approximate surface area is 120 Å². The van der Waals surface area contributed by atoms with Crippen LogP contribution < -0.4 is 4.74 Å². The summed E-state index contributed by atoms with van der Waals surface area (Å²) in [5.41, 5.74) is 0.144. The molecule has 2 fully saturated rings. The third-order valence-corrected chi connectivity index (χ3v) is 5.65. The SMILES string of the molecule is Fc1cc(OC2CC(Cl)C23CCCC3)ccc1Br. The molecule has 1 aromatic rings. The van der Waals surface area contributed by atoms with Crippen LogP contribution in [0.5, 0.6) is 5.75 Å². The van der Waals surface area contributed by atoms with Gasteiger partial charge in [0.25, 0.3) is 0 Å². The molecule has 1 aromatic carbocycles. The van der Waals surface area contributed by atoms with Gasteiger partial charge < -0.3 is 4.74 Å². The van der Waals surface area contributed by atoms with Crippen molar-refractivity contribution in [1.29, 1.82) is 0 Å². The molecule has 0 aromatic heterocycles. The molecular weight excluding hydrogens is 319 g/mol. The molecule has 2 aliphatic rings. The topological polar surface area (TPSA) is 9.23 Å². The van der Waals surface area contributed by atoms with E-state index in [-0.39, 0.29) is 22.7 Å². The standard InChI is InChI=1S/C14H15BrClFO/c15-10-4-3-9(7-11(10)17)18-13-8-12(16)14(13)5-1-2-6-14/h3-4,7,12-13H,1-2,5-6,8H2. The second kappa shape index (κ2) is 4.68. The lowest BCUT2D eigenvalue weighted by Crippen LogP contribution is -2.55. The van der Waals surface area contributed by atoms with E-state index >= 15 is 0 Å². The predicted octanol–water partition coefficient (Wildman–Crippen LogP) is 4.91. The molecule has 4 heteroatoms. The minimum absolute atomic E-state index is 0.144. The predicted molar refractivity (Wildman–Crippen MR) is 73.7 cm³/mol. The Morgan fingerprint density at radius 1 is 1.33 bits per heavy atom. The number of benzene rings is 1. The molecule has 0 N–H and O–H groups in total. The van der Waals surface area contributed by atoms with Crippen LogP contribution in [0.3, 0.4) is 0 Å². The fourth-order valence-electron chi connectivity index (χ4n) is 3.25. The average Bonchev–Trinajstić information content (AvgIpc) is 2.85. The summed E-state index contributed by atoms with van der Waals surface area (Å²) in [5.74, 6) is 0.324. The van der Waals surface area contributed by atoms with Crippen molar-refractivity contribution in [3.8, 4) is 5.75 Å². The first-order valence-corrected chi connectivity index (χ1v) is 7.60. The van der Waals surface area contributed by atoms with Gasteiger partial charge in [0.2, 0.25) is 0 Å². The zero-order chi connectivity index (χ0) is 12.8. The summed E-state index contributed by atoms with van der Waals surface area (Å²) in [5, 5.41) is 0.227. The second-order valence-electron chi connectivity index (χ2n) is 5.33. The number of alkyl halides is 1. The van der Waals surface area contributed by atoms with E-state index in [0.29, 0.717) is 10.2 Å². The minimum Gasteiger partial charge on any atom is -0.490 e. The number of ether oxygens (including phenoxy) is 1. The van der Waals surface area contributed by atoms with E-state index in [1.54, 1.807) is 12.1 Å². The van der Waals surface area contributed by atoms with E-state index in [1.165, 1.54) is 18.9 Å². The van der Waals surface area contributed by atoms with Crippen molar-refractivity contribution in [2.75, 3.05) is 0 Å². The van der Waals surface area contributed by atoms with E-state index in [4.69, 9.17) is 16.3 Å². The van der Waals surface area contributed by atoms with Crippen molar-refractivity contribution in [3.05, 3.63) is 28.5 Å². The van der Waals surface area contributed by atoms with Gasteiger partial charge in [-0.05, 0) is 40.9 Å². The molecule has 0 aliphatic heterocycles. The number of hydrogen-bond acceptors (Lipinski definition) is 1. The number of halogens is 3. The first kappa shape index (κ1) is 12.7. The van der Waals surface area contributed by atoms with Crippen LogP contribution in [-0.2, 0) is 0 Å². The highest BCUT2D eigenvalue weighted by Gasteiger charge is 2.56. The summed E-state index contributed by atoms with van der Waals surface area (Å²) >= 11 is 9.51. The Hall–Kier alpha value is -0.280. The molecule has 0 saturated heterocycles. The van der Waals surface area contributed by atoms with Crippen LogP contribution in [0, 0.1) is 11.2 Å². The Morgan fingerprint density at radius 3 is 2.67 bits per heavy atom. The maximum absolute atomic E-state index is 13.4. The normalized spacial score (nSPS) is 29.3. The van der Waals surface area contributed by atoms with Gasteiger partial charge in [0.05, 0.1) is 4.47 Å². The molecule has 18 heavy (non-hydrogen) atoms. The maximum Gasteiger partial charge on any atom is 0.141 e. The van der Waals surface area contributed by atoms with Crippen molar-refractivity contribution in [1.82, 2.24) is 0 Å². The monoisotopic (exact) mass is 332 g/mol. The summed E-state index contributed by atoms with van der Waals surface area (Å²) in [6.07, 6.45) is 5.79. The van der Waals surface area contributed by atoms with Crippen molar-refractivity contribution in [2.45, 2.75) is 43.6 Å². The summed E-state index contributed by atoms with van der Waals surface area (Å²) < 4.78 is 19.9. The first-order chi connectivity index (χ1) is 8.62. The van der Waals surface area contributed by atoms with Gasteiger partial charge in [-0.25, -0.2) is 4.39 Å². The fourth-order valence-corrected chi connectivity index (χ4v) is 4.01. The highest BCUT2D eigenvalue weighted by molar-refractivity contribution is 9.10. The van der Waals surface area contributed by atoms with Gasteiger partial charge in [0.1, 0.15) is 17.7 Å². The minimum atomic E-state index is -0.283. The lowest BCUT2D eigenvalue weighted by Gasteiger charge is -2.50. The summed E-state index contributed by atoms with van der Waals surface area (Å²) in [6, 6.07) is 4.93. The third-order valence-electron chi connectivity index (χ3n) is 4.39. The van der Waals surface area contributed by atoms with E-state index in [2.05, 4.69) is 15.9 Å². The van der Waals surface area contributed by atoms with Gasteiger partial charge in [0.15, 0.2) is 0 Å². The Kier molecular flexibility index (Phi) is 3.31. The van der Waals surface area contributed by atoms with Gasteiger partial charge >= 0.3 is 0 Å². The molecule has 2 saturated carbocycles. The molecule has 0 bridgehead atoms. The Balaban J connectivity index is 1.75. The van der Waals surface area contributed by atoms with E-state index < -0.39 is 0 Å². The maximum atomic E-state index is 13.4. The van der Waals surface area contributed by atoms with Gasteiger partial charge in [0, 0.05) is 23.3 Å². The molecule has 3 rings (SSSR count). The van der Waals surface area contributed by atoms with Crippen molar-refractivity contribution in [3.63, 3.8) is 0 Å². The molecule has 2 unspecified atom stereocenters. The zero-order valence-corrected chi connectivity index (χ0v) is 12.3. The highest BCUT2D eigenvalue weighted by atomic mass is 79.9. The summed E-state index contributed by atoms with van der Waals surface area (Å²) in [7, 11) is 0. The highest BCUT2D eigenvalue weighted by Crippen LogP contribution is 2.57.